The Morgan fingerprint density at radius 3 is 3.00 bits per heavy atom. The Morgan fingerprint density at radius 2 is 2.23 bits per heavy atom. The third-order valence-corrected chi connectivity index (χ3v) is 3.83. The van der Waals surface area contributed by atoms with Gasteiger partial charge in [-0.2, -0.15) is 5.10 Å². The molecular formula is C17H21N3O2. The number of rotatable bonds is 5. The standard InChI is InChI=1S/C17H21N3O2/c1-13(8-9-14-6-3-2-4-7-14)18-17(21)15-12-16-20(19-15)10-5-11-22-16/h2-4,6-7,12-13H,5,8-11H2,1H3,(H,18,21)/t13-/m1/s1. The maximum atomic E-state index is 12.2. The molecule has 0 saturated heterocycles. The van der Waals surface area contributed by atoms with Crippen LogP contribution in [0.3, 0.4) is 0 Å². The van der Waals surface area contributed by atoms with E-state index in [4.69, 9.17) is 4.74 Å². The third-order valence-electron chi connectivity index (χ3n) is 3.83. The Labute approximate surface area is 130 Å². The van der Waals surface area contributed by atoms with Gasteiger partial charge in [-0.25, -0.2) is 4.68 Å². The fourth-order valence-corrected chi connectivity index (χ4v) is 2.58. The molecule has 1 aromatic heterocycles. The Hall–Kier alpha value is -2.30. The summed E-state index contributed by atoms with van der Waals surface area (Å²) >= 11 is 0. The Bertz CT molecular complexity index is 613. The summed E-state index contributed by atoms with van der Waals surface area (Å²) in [4.78, 5) is 12.2. The van der Waals surface area contributed by atoms with Gasteiger partial charge in [0.05, 0.1) is 6.61 Å². The largest absolute Gasteiger partial charge is 0.478 e. The Kier molecular flexibility index (Phi) is 4.42. The lowest BCUT2D eigenvalue weighted by atomic mass is 10.1. The van der Waals surface area contributed by atoms with Crippen molar-refractivity contribution in [3.8, 4) is 5.88 Å². The van der Waals surface area contributed by atoms with Gasteiger partial charge in [0.2, 0.25) is 5.88 Å². The third kappa shape index (κ3) is 3.47. The minimum Gasteiger partial charge on any atom is -0.478 e. The molecule has 0 bridgehead atoms. The molecule has 1 atom stereocenters. The smallest absolute Gasteiger partial charge is 0.272 e. The molecular weight excluding hydrogens is 278 g/mol. The van der Waals surface area contributed by atoms with Gasteiger partial charge >= 0.3 is 0 Å². The van der Waals surface area contributed by atoms with E-state index < -0.39 is 0 Å². The summed E-state index contributed by atoms with van der Waals surface area (Å²) < 4.78 is 7.24. The first-order valence-corrected chi connectivity index (χ1v) is 7.78. The minimum atomic E-state index is -0.133. The van der Waals surface area contributed by atoms with E-state index in [0.717, 1.165) is 25.8 Å². The second-order valence-electron chi connectivity index (χ2n) is 5.69. The highest BCUT2D eigenvalue weighted by Gasteiger charge is 2.18. The molecule has 2 heterocycles. The second kappa shape index (κ2) is 6.64. The number of nitrogens with zero attached hydrogens (tertiary/aromatic N) is 2. The van der Waals surface area contributed by atoms with Crippen LogP contribution >= 0.6 is 0 Å². The number of benzene rings is 1. The van der Waals surface area contributed by atoms with Gasteiger partial charge in [0, 0.05) is 25.1 Å². The molecule has 1 aromatic carbocycles. The number of hydrogen-bond acceptors (Lipinski definition) is 3. The molecule has 5 nitrogen and oxygen atoms in total. The van der Waals surface area contributed by atoms with Crippen LogP contribution in [0.1, 0.15) is 35.8 Å². The molecule has 5 heteroatoms. The van der Waals surface area contributed by atoms with Gasteiger partial charge in [0.1, 0.15) is 0 Å². The fraction of sp³-hybridized carbons (Fsp3) is 0.412. The van der Waals surface area contributed by atoms with E-state index in [9.17, 15) is 4.79 Å². The first-order chi connectivity index (χ1) is 10.7. The van der Waals surface area contributed by atoms with Crippen molar-refractivity contribution in [3.63, 3.8) is 0 Å². The van der Waals surface area contributed by atoms with Crippen LogP contribution in [0.2, 0.25) is 0 Å². The number of aryl methyl sites for hydroxylation is 2. The number of carbonyl (C=O) groups is 1. The van der Waals surface area contributed by atoms with E-state index in [1.54, 1.807) is 10.7 Å². The molecule has 0 aliphatic carbocycles. The predicted octanol–water partition coefficient (Wildman–Crippen LogP) is 2.42. The van der Waals surface area contributed by atoms with Crippen LogP contribution in [0.4, 0.5) is 0 Å². The summed E-state index contributed by atoms with van der Waals surface area (Å²) in [6.07, 6.45) is 2.79. The van der Waals surface area contributed by atoms with Crippen molar-refractivity contribution in [1.82, 2.24) is 15.1 Å². The van der Waals surface area contributed by atoms with Crippen LogP contribution < -0.4 is 10.1 Å². The quantitative estimate of drug-likeness (QED) is 0.922. The Morgan fingerprint density at radius 1 is 1.41 bits per heavy atom. The van der Waals surface area contributed by atoms with Crippen molar-refractivity contribution in [1.29, 1.82) is 0 Å². The number of aromatic nitrogens is 2. The van der Waals surface area contributed by atoms with Gasteiger partial charge in [-0.1, -0.05) is 30.3 Å². The SMILES string of the molecule is C[C@H](CCc1ccccc1)NC(=O)c1cc2n(n1)CCCO2. The highest BCUT2D eigenvalue weighted by Crippen LogP contribution is 2.18. The van der Waals surface area contributed by atoms with Crippen molar-refractivity contribution in [3.05, 3.63) is 47.7 Å². The zero-order valence-electron chi connectivity index (χ0n) is 12.8. The van der Waals surface area contributed by atoms with Gasteiger partial charge in [-0.15, -0.1) is 0 Å². The Balaban J connectivity index is 1.53. The number of carbonyl (C=O) groups excluding carboxylic acids is 1. The molecule has 22 heavy (non-hydrogen) atoms. The van der Waals surface area contributed by atoms with Gasteiger partial charge in [-0.3, -0.25) is 4.79 Å². The van der Waals surface area contributed by atoms with Gasteiger partial charge in [0.25, 0.3) is 5.91 Å². The lowest BCUT2D eigenvalue weighted by Gasteiger charge is -2.13. The normalized spacial score (nSPS) is 14.8. The zero-order valence-corrected chi connectivity index (χ0v) is 12.8. The van der Waals surface area contributed by atoms with Crippen LogP contribution in [0.5, 0.6) is 5.88 Å². The topological polar surface area (TPSA) is 56.2 Å². The molecule has 3 rings (SSSR count). The van der Waals surface area contributed by atoms with Gasteiger partial charge < -0.3 is 10.1 Å². The fourth-order valence-electron chi connectivity index (χ4n) is 2.58. The summed E-state index contributed by atoms with van der Waals surface area (Å²) in [5, 5.41) is 7.31. The first kappa shape index (κ1) is 14.6. The number of amides is 1. The average Bonchev–Trinajstić information content (AvgIpc) is 2.98. The molecule has 116 valence electrons. The summed E-state index contributed by atoms with van der Waals surface area (Å²) in [7, 11) is 0. The van der Waals surface area contributed by atoms with Crippen molar-refractivity contribution in [2.75, 3.05) is 6.61 Å². The predicted molar refractivity (Wildman–Crippen MR) is 84.0 cm³/mol. The maximum absolute atomic E-state index is 12.2. The summed E-state index contributed by atoms with van der Waals surface area (Å²) in [6.45, 7) is 3.53. The number of ether oxygens (including phenoxy) is 1. The molecule has 1 amide bonds. The van der Waals surface area contributed by atoms with E-state index >= 15 is 0 Å². The summed E-state index contributed by atoms with van der Waals surface area (Å²) in [6, 6.07) is 12.1. The maximum Gasteiger partial charge on any atom is 0.272 e. The average molecular weight is 299 g/mol. The number of hydrogen-bond donors (Lipinski definition) is 1. The lowest BCUT2D eigenvalue weighted by Crippen LogP contribution is -2.33. The van der Waals surface area contributed by atoms with E-state index in [0.29, 0.717) is 18.2 Å². The highest BCUT2D eigenvalue weighted by atomic mass is 16.5. The molecule has 2 aromatic rings. The molecule has 0 saturated carbocycles. The zero-order chi connectivity index (χ0) is 15.4. The van der Waals surface area contributed by atoms with Crippen molar-refractivity contribution < 1.29 is 9.53 Å². The molecule has 0 radical (unpaired) electrons. The molecule has 1 aliphatic rings. The van der Waals surface area contributed by atoms with Gasteiger partial charge in [0.15, 0.2) is 5.69 Å². The second-order valence-corrected chi connectivity index (χ2v) is 5.69. The van der Waals surface area contributed by atoms with E-state index in [1.807, 2.05) is 25.1 Å². The van der Waals surface area contributed by atoms with Crippen LogP contribution in [0.15, 0.2) is 36.4 Å². The van der Waals surface area contributed by atoms with Crippen molar-refractivity contribution in [2.45, 2.75) is 38.8 Å². The van der Waals surface area contributed by atoms with Crippen molar-refractivity contribution >= 4 is 5.91 Å². The summed E-state index contributed by atoms with van der Waals surface area (Å²) in [5.74, 6) is 0.555. The van der Waals surface area contributed by atoms with Crippen LogP contribution in [-0.2, 0) is 13.0 Å². The van der Waals surface area contributed by atoms with E-state index in [2.05, 4.69) is 22.5 Å². The molecule has 0 unspecified atom stereocenters. The van der Waals surface area contributed by atoms with Gasteiger partial charge in [-0.05, 0) is 25.3 Å². The molecule has 1 N–H and O–H groups in total. The highest BCUT2D eigenvalue weighted by molar-refractivity contribution is 5.92. The van der Waals surface area contributed by atoms with Crippen molar-refractivity contribution in [2.24, 2.45) is 0 Å². The summed E-state index contributed by atoms with van der Waals surface area (Å²) in [5.41, 5.74) is 1.72. The molecule has 0 spiro atoms. The van der Waals surface area contributed by atoms with Crippen LogP contribution in [0.25, 0.3) is 0 Å². The lowest BCUT2D eigenvalue weighted by molar-refractivity contribution is 0.0932. The molecule has 1 aliphatic heterocycles. The first-order valence-electron chi connectivity index (χ1n) is 7.78. The van der Waals surface area contributed by atoms with Crippen LogP contribution in [0, 0.1) is 0 Å². The monoisotopic (exact) mass is 299 g/mol. The number of nitrogens with one attached hydrogen (secondary N) is 1. The van der Waals surface area contributed by atoms with Crippen LogP contribution in [-0.4, -0.2) is 28.3 Å². The van der Waals surface area contributed by atoms with E-state index in [-0.39, 0.29) is 11.9 Å². The molecule has 0 fully saturated rings. The number of fused-ring (bicyclic) bond motifs is 1. The van der Waals surface area contributed by atoms with E-state index in [1.165, 1.54) is 5.56 Å². The minimum absolute atomic E-state index is 0.104.